The molecule has 0 bridgehead atoms. The molecule has 2 aliphatic rings. The molecule has 3 heterocycles. The maximum Gasteiger partial charge on any atom is 0.222 e. The van der Waals surface area contributed by atoms with Crippen LogP contribution in [0.1, 0.15) is 49.0 Å². The van der Waals surface area contributed by atoms with Crippen LogP contribution in [0.2, 0.25) is 0 Å². The normalized spacial score (nSPS) is 18.7. The van der Waals surface area contributed by atoms with Gasteiger partial charge in [0, 0.05) is 45.6 Å². The molecular formula is C23H33N7O2. The first-order valence-electron chi connectivity index (χ1n) is 11.5. The molecule has 2 aliphatic heterocycles. The standard InChI is InChI=1S/C23H33N7O2/c1-3-24-23(26-19-10-11-21-27-20(16-32-2)28-30(21)15-19)25-13-17-7-4-5-8-18(17)14-29-12-6-9-22(29)31/h4-5,7-8,19H,3,6,9-16H2,1-2H3,(H2,24,25,26). The number of carbonyl (C=O) groups is 1. The molecule has 0 saturated carbocycles. The monoisotopic (exact) mass is 439 g/mol. The van der Waals surface area contributed by atoms with Gasteiger partial charge in [0.25, 0.3) is 0 Å². The lowest BCUT2D eigenvalue weighted by Gasteiger charge is -2.25. The number of guanidine groups is 1. The summed E-state index contributed by atoms with van der Waals surface area (Å²) in [7, 11) is 1.66. The van der Waals surface area contributed by atoms with Crippen molar-refractivity contribution in [2.24, 2.45) is 4.99 Å². The highest BCUT2D eigenvalue weighted by molar-refractivity contribution is 5.80. The van der Waals surface area contributed by atoms with Crippen LogP contribution in [0.4, 0.5) is 0 Å². The fourth-order valence-electron chi connectivity index (χ4n) is 4.29. The van der Waals surface area contributed by atoms with Gasteiger partial charge in [0.2, 0.25) is 5.91 Å². The third-order valence-electron chi connectivity index (χ3n) is 5.92. The van der Waals surface area contributed by atoms with Gasteiger partial charge in [-0.15, -0.1) is 0 Å². The number of hydrogen-bond acceptors (Lipinski definition) is 5. The largest absolute Gasteiger partial charge is 0.377 e. The van der Waals surface area contributed by atoms with Crippen molar-refractivity contribution in [1.82, 2.24) is 30.3 Å². The van der Waals surface area contributed by atoms with Gasteiger partial charge in [-0.1, -0.05) is 24.3 Å². The van der Waals surface area contributed by atoms with E-state index >= 15 is 0 Å². The molecule has 32 heavy (non-hydrogen) atoms. The summed E-state index contributed by atoms with van der Waals surface area (Å²) < 4.78 is 7.13. The van der Waals surface area contributed by atoms with E-state index in [-0.39, 0.29) is 11.9 Å². The first kappa shape index (κ1) is 22.3. The molecule has 172 valence electrons. The van der Waals surface area contributed by atoms with Gasteiger partial charge in [-0.25, -0.2) is 14.7 Å². The highest BCUT2D eigenvalue weighted by Crippen LogP contribution is 2.18. The summed E-state index contributed by atoms with van der Waals surface area (Å²) in [4.78, 5) is 23.4. The predicted molar refractivity (Wildman–Crippen MR) is 122 cm³/mol. The maximum atomic E-state index is 12.0. The number of fused-ring (bicyclic) bond motifs is 1. The fraction of sp³-hybridized carbons (Fsp3) is 0.565. The number of benzene rings is 1. The van der Waals surface area contributed by atoms with Crippen molar-refractivity contribution >= 4 is 11.9 Å². The number of aromatic nitrogens is 3. The van der Waals surface area contributed by atoms with E-state index in [1.165, 1.54) is 0 Å². The lowest BCUT2D eigenvalue weighted by Crippen LogP contribution is -2.47. The van der Waals surface area contributed by atoms with E-state index in [0.29, 0.717) is 26.1 Å². The summed E-state index contributed by atoms with van der Waals surface area (Å²) in [5.74, 6) is 2.79. The van der Waals surface area contributed by atoms with Crippen molar-refractivity contribution in [3.8, 4) is 0 Å². The number of ether oxygens (including phenoxy) is 1. The highest BCUT2D eigenvalue weighted by atomic mass is 16.5. The Labute approximate surface area is 189 Å². The van der Waals surface area contributed by atoms with Crippen LogP contribution in [0.5, 0.6) is 0 Å². The number of hydrogen-bond donors (Lipinski definition) is 2. The van der Waals surface area contributed by atoms with E-state index in [2.05, 4.69) is 39.8 Å². The number of nitrogens with zero attached hydrogens (tertiary/aromatic N) is 5. The van der Waals surface area contributed by atoms with Crippen molar-refractivity contribution in [3.05, 3.63) is 47.0 Å². The zero-order valence-electron chi connectivity index (χ0n) is 19.0. The molecule has 1 atom stereocenters. The van der Waals surface area contributed by atoms with Crippen LogP contribution in [-0.4, -0.2) is 57.8 Å². The van der Waals surface area contributed by atoms with E-state index < -0.39 is 0 Å². The molecule has 4 rings (SSSR count). The summed E-state index contributed by atoms with van der Waals surface area (Å²) in [6.07, 6.45) is 3.47. The van der Waals surface area contributed by atoms with E-state index in [1.807, 2.05) is 21.7 Å². The van der Waals surface area contributed by atoms with E-state index in [9.17, 15) is 4.79 Å². The molecule has 1 aromatic carbocycles. The Morgan fingerprint density at radius 1 is 1.28 bits per heavy atom. The Balaban J connectivity index is 1.41. The molecule has 9 nitrogen and oxygen atoms in total. The topological polar surface area (TPSA) is 96.7 Å². The van der Waals surface area contributed by atoms with Gasteiger partial charge >= 0.3 is 0 Å². The molecule has 2 N–H and O–H groups in total. The smallest absolute Gasteiger partial charge is 0.222 e. The molecule has 0 radical (unpaired) electrons. The summed E-state index contributed by atoms with van der Waals surface area (Å²) in [5, 5.41) is 11.5. The first-order valence-corrected chi connectivity index (χ1v) is 11.5. The van der Waals surface area contributed by atoms with Gasteiger partial charge < -0.3 is 20.3 Å². The van der Waals surface area contributed by atoms with Crippen LogP contribution in [-0.2, 0) is 42.2 Å². The summed E-state index contributed by atoms with van der Waals surface area (Å²) in [6, 6.07) is 8.49. The SMILES string of the molecule is CCNC(=NCc1ccccc1CN1CCCC1=O)NC1CCc2nc(COC)nn2C1. The second kappa shape index (κ2) is 10.6. The lowest BCUT2D eigenvalue weighted by atomic mass is 10.1. The van der Waals surface area contributed by atoms with Crippen LogP contribution in [0.25, 0.3) is 0 Å². The molecule has 1 fully saturated rings. The molecule has 2 aromatic rings. The van der Waals surface area contributed by atoms with Crippen molar-refractivity contribution in [2.75, 3.05) is 20.2 Å². The molecule has 1 unspecified atom stereocenters. The predicted octanol–water partition coefficient (Wildman–Crippen LogP) is 1.62. The summed E-state index contributed by atoms with van der Waals surface area (Å²) in [6.45, 7) is 6.11. The van der Waals surface area contributed by atoms with E-state index in [1.54, 1.807) is 7.11 Å². The van der Waals surface area contributed by atoms with Crippen molar-refractivity contribution in [1.29, 1.82) is 0 Å². The van der Waals surface area contributed by atoms with Gasteiger partial charge in [0.05, 0.1) is 13.1 Å². The Morgan fingerprint density at radius 3 is 2.88 bits per heavy atom. The lowest BCUT2D eigenvalue weighted by molar-refractivity contribution is -0.128. The van der Waals surface area contributed by atoms with Gasteiger partial charge in [-0.2, -0.15) is 5.10 Å². The molecule has 1 saturated heterocycles. The fourth-order valence-corrected chi connectivity index (χ4v) is 4.29. The number of aryl methyl sites for hydroxylation is 1. The molecule has 1 aromatic heterocycles. The zero-order valence-corrected chi connectivity index (χ0v) is 19.0. The third kappa shape index (κ3) is 5.45. The van der Waals surface area contributed by atoms with Crippen molar-refractivity contribution < 1.29 is 9.53 Å². The van der Waals surface area contributed by atoms with Crippen LogP contribution in [0.15, 0.2) is 29.3 Å². The number of amides is 1. The second-order valence-corrected chi connectivity index (χ2v) is 8.32. The van der Waals surface area contributed by atoms with E-state index in [4.69, 9.17) is 9.73 Å². The van der Waals surface area contributed by atoms with Crippen molar-refractivity contribution in [2.45, 2.75) is 64.9 Å². The van der Waals surface area contributed by atoms with Gasteiger partial charge in [0.15, 0.2) is 11.8 Å². The maximum absolute atomic E-state index is 12.0. The van der Waals surface area contributed by atoms with Gasteiger partial charge in [0.1, 0.15) is 12.4 Å². The average Bonchev–Trinajstić information content (AvgIpc) is 3.38. The molecule has 1 amide bonds. The van der Waals surface area contributed by atoms with Crippen LogP contribution >= 0.6 is 0 Å². The molecule has 9 heteroatoms. The van der Waals surface area contributed by atoms with E-state index in [0.717, 1.165) is 67.6 Å². The molecular weight excluding hydrogens is 406 g/mol. The number of aliphatic imine (C=N–C) groups is 1. The second-order valence-electron chi connectivity index (χ2n) is 8.32. The average molecular weight is 440 g/mol. The van der Waals surface area contributed by atoms with Crippen LogP contribution < -0.4 is 10.6 Å². The summed E-state index contributed by atoms with van der Waals surface area (Å²) in [5.41, 5.74) is 2.31. The Kier molecular flexibility index (Phi) is 7.36. The molecule has 0 spiro atoms. The first-order chi connectivity index (χ1) is 15.7. The zero-order chi connectivity index (χ0) is 22.3. The Morgan fingerprint density at radius 2 is 2.12 bits per heavy atom. The minimum absolute atomic E-state index is 0.231. The van der Waals surface area contributed by atoms with Crippen LogP contribution in [0, 0.1) is 0 Å². The minimum atomic E-state index is 0.231. The number of rotatable bonds is 8. The number of nitrogens with one attached hydrogen (secondary N) is 2. The number of carbonyl (C=O) groups excluding carboxylic acids is 1. The number of methoxy groups -OCH3 is 1. The molecule has 0 aliphatic carbocycles. The van der Waals surface area contributed by atoms with Gasteiger partial charge in [-0.05, 0) is 30.9 Å². The number of likely N-dealkylation sites (tertiary alicyclic amines) is 1. The summed E-state index contributed by atoms with van der Waals surface area (Å²) >= 11 is 0. The van der Waals surface area contributed by atoms with Crippen molar-refractivity contribution in [3.63, 3.8) is 0 Å². The quantitative estimate of drug-likeness (QED) is 0.479. The minimum Gasteiger partial charge on any atom is -0.377 e. The van der Waals surface area contributed by atoms with Gasteiger partial charge in [-0.3, -0.25) is 4.79 Å². The van der Waals surface area contributed by atoms with Crippen LogP contribution in [0.3, 0.4) is 0 Å². The Bertz CT molecular complexity index is 956. The Hall–Kier alpha value is -2.94. The highest BCUT2D eigenvalue weighted by Gasteiger charge is 2.23. The third-order valence-corrected chi connectivity index (χ3v) is 5.92.